The molecule has 1 aliphatic heterocycles. The molecule has 2 aliphatic rings. The molecule has 3 aromatic rings. The highest BCUT2D eigenvalue weighted by atomic mass is 19.4. The molecule has 1 aromatic carbocycles. The van der Waals surface area contributed by atoms with Crippen LogP contribution in [0.15, 0.2) is 24.5 Å². The van der Waals surface area contributed by atoms with E-state index in [1.54, 1.807) is 6.92 Å². The van der Waals surface area contributed by atoms with Gasteiger partial charge in [0, 0.05) is 24.2 Å². The van der Waals surface area contributed by atoms with Gasteiger partial charge in [-0.05, 0) is 43.9 Å². The Bertz CT molecular complexity index is 1430. The summed E-state index contributed by atoms with van der Waals surface area (Å²) in [7, 11) is 0. The van der Waals surface area contributed by atoms with Gasteiger partial charge < -0.3 is 19.9 Å². The molecule has 3 heterocycles. The van der Waals surface area contributed by atoms with Gasteiger partial charge in [0.25, 0.3) is 11.8 Å². The maximum Gasteiger partial charge on any atom is 0.416 e. The lowest BCUT2D eigenvalue weighted by Crippen LogP contribution is -2.46. The molecule has 1 atom stereocenters. The Morgan fingerprint density at radius 1 is 1.23 bits per heavy atom. The zero-order valence-electron chi connectivity index (χ0n) is 21.2. The van der Waals surface area contributed by atoms with Crippen LogP contribution in [0.3, 0.4) is 0 Å². The molecule has 1 saturated heterocycles. The molecular formula is C26H26F5N5O3. The molecule has 5 rings (SSSR count). The molecule has 0 bridgehead atoms. The highest BCUT2D eigenvalue weighted by Crippen LogP contribution is 2.40. The third-order valence-corrected chi connectivity index (χ3v) is 7.01. The Kier molecular flexibility index (Phi) is 6.71. The van der Waals surface area contributed by atoms with Gasteiger partial charge in [-0.1, -0.05) is 6.92 Å². The van der Waals surface area contributed by atoms with E-state index in [-0.39, 0.29) is 52.3 Å². The summed E-state index contributed by atoms with van der Waals surface area (Å²) >= 11 is 0. The minimum Gasteiger partial charge on any atom is -0.493 e. The average Bonchev–Trinajstić information content (AvgIpc) is 3.57. The predicted octanol–water partition coefficient (Wildman–Crippen LogP) is 4.73. The lowest BCUT2D eigenvalue weighted by Gasteiger charge is -2.18. The molecule has 2 aromatic heterocycles. The minimum absolute atomic E-state index is 0.0443. The fourth-order valence-corrected chi connectivity index (χ4v) is 4.69. The van der Waals surface area contributed by atoms with E-state index >= 15 is 0 Å². The van der Waals surface area contributed by atoms with E-state index in [9.17, 15) is 31.5 Å². The third-order valence-electron chi connectivity index (χ3n) is 7.01. The summed E-state index contributed by atoms with van der Waals surface area (Å²) in [6, 6.07) is 1.48. The number of benzene rings is 1. The van der Waals surface area contributed by atoms with E-state index in [4.69, 9.17) is 4.74 Å². The average molecular weight is 552 g/mol. The maximum atomic E-state index is 14.6. The van der Waals surface area contributed by atoms with Crippen LogP contribution in [0.2, 0.25) is 0 Å². The molecule has 0 radical (unpaired) electrons. The summed E-state index contributed by atoms with van der Waals surface area (Å²) < 4.78 is 75.8. The predicted molar refractivity (Wildman–Crippen MR) is 130 cm³/mol. The van der Waals surface area contributed by atoms with Gasteiger partial charge in [-0.25, -0.2) is 18.7 Å². The number of aryl methyl sites for hydroxylation is 1. The van der Waals surface area contributed by atoms with Crippen molar-refractivity contribution in [3.05, 3.63) is 41.3 Å². The normalized spacial score (nSPS) is 18.9. The van der Waals surface area contributed by atoms with Crippen LogP contribution >= 0.6 is 0 Å². The second-order valence-electron chi connectivity index (χ2n) is 9.95. The van der Waals surface area contributed by atoms with E-state index in [1.165, 1.54) is 13.0 Å². The Balaban J connectivity index is 1.51. The number of halogens is 5. The summed E-state index contributed by atoms with van der Waals surface area (Å²) in [5, 5.41) is 2.32. The standard InChI is InChI=1S/C26H26F5N5O3/c1-3-19(37)36-9-18(25(27,28)11-36)35-24(38)20-13(2)34-23-21(32-12-33-22(20)23)16-8-15(26(29,30)31)6-7-17(16)39-10-14-4-5-14/h6-8,12,14,18,34H,3-5,9-11H2,1-2H3,(H,35,38)/t18-/m1/s1. The fraction of sp³-hybridized carbons (Fsp3) is 0.462. The zero-order chi connectivity index (χ0) is 28.1. The van der Waals surface area contributed by atoms with E-state index in [0.29, 0.717) is 12.5 Å². The Hall–Kier alpha value is -3.77. The zero-order valence-corrected chi connectivity index (χ0v) is 21.2. The van der Waals surface area contributed by atoms with Gasteiger partial charge in [-0.15, -0.1) is 0 Å². The largest absolute Gasteiger partial charge is 0.493 e. The van der Waals surface area contributed by atoms with Crippen molar-refractivity contribution < 1.29 is 36.3 Å². The van der Waals surface area contributed by atoms with Gasteiger partial charge in [-0.2, -0.15) is 13.2 Å². The maximum absolute atomic E-state index is 14.6. The van der Waals surface area contributed by atoms with Crippen LogP contribution < -0.4 is 10.1 Å². The fourth-order valence-electron chi connectivity index (χ4n) is 4.69. The first-order valence-corrected chi connectivity index (χ1v) is 12.5. The van der Waals surface area contributed by atoms with Gasteiger partial charge in [0.2, 0.25) is 5.91 Å². The van der Waals surface area contributed by atoms with E-state index < -0.39 is 42.1 Å². The monoisotopic (exact) mass is 551 g/mol. The van der Waals surface area contributed by atoms with Crippen LogP contribution in [0.1, 0.15) is 47.8 Å². The van der Waals surface area contributed by atoms with Crippen LogP contribution in [0.5, 0.6) is 5.75 Å². The first-order chi connectivity index (χ1) is 18.4. The number of aromatic amines is 1. The Morgan fingerprint density at radius 3 is 2.64 bits per heavy atom. The van der Waals surface area contributed by atoms with Crippen molar-refractivity contribution in [3.63, 3.8) is 0 Å². The van der Waals surface area contributed by atoms with Gasteiger partial charge >= 0.3 is 6.18 Å². The van der Waals surface area contributed by atoms with Gasteiger partial charge in [-0.3, -0.25) is 9.59 Å². The van der Waals surface area contributed by atoms with Crippen LogP contribution in [0.4, 0.5) is 22.0 Å². The first kappa shape index (κ1) is 26.8. The number of carbonyl (C=O) groups excluding carboxylic acids is 2. The number of alkyl halides is 5. The number of amides is 2. The molecule has 208 valence electrons. The summed E-state index contributed by atoms with van der Waals surface area (Å²) in [5.41, 5.74) is -0.331. The quantitative estimate of drug-likeness (QED) is 0.414. The van der Waals surface area contributed by atoms with Crippen molar-refractivity contribution in [1.82, 2.24) is 25.2 Å². The van der Waals surface area contributed by atoms with E-state index in [2.05, 4.69) is 20.3 Å². The second kappa shape index (κ2) is 9.76. The number of likely N-dealkylation sites (tertiary alicyclic amines) is 1. The van der Waals surface area contributed by atoms with Gasteiger partial charge in [0.1, 0.15) is 29.3 Å². The van der Waals surface area contributed by atoms with Gasteiger partial charge in [0.15, 0.2) is 0 Å². The summed E-state index contributed by atoms with van der Waals surface area (Å²) in [5.74, 6) is -4.11. The minimum atomic E-state index is -4.62. The number of aromatic nitrogens is 3. The number of ether oxygens (including phenoxy) is 1. The van der Waals surface area contributed by atoms with E-state index in [1.807, 2.05) is 0 Å². The molecule has 39 heavy (non-hydrogen) atoms. The molecule has 2 N–H and O–H groups in total. The topological polar surface area (TPSA) is 100 Å². The summed E-state index contributed by atoms with van der Waals surface area (Å²) in [4.78, 5) is 37.4. The highest BCUT2D eigenvalue weighted by molar-refractivity contribution is 6.09. The molecule has 0 unspecified atom stereocenters. The second-order valence-corrected chi connectivity index (χ2v) is 9.95. The molecule has 0 spiro atoms. The SMILES string of the molecule is CCC(=O)N1C[C@@H](NC(=O)c2c(C)[nH]c3c(-c4cc(C(F)(F)F)ccc4OCC4CC4)ncnc23)C(F)(F)C1. The van der Waals surface area contributed by atoms with Crippen molar-refractivity contribution >= 4 is 22.8 Å². The first-order valence-electron chi connectivity index (χ1n) is 12.5. The molecule has 2 fully saturated rings. The number of hydrogen-bond acceptors (Lipinski definition) is 5. The molecule has 8 nitrogen and oxygen atoms in total. The van der Waals surface area contributed by atoms with Crippen molar-refractivity contribution in [2.75, 3.05) is 19.7 Å². The lowest BCUT2D eigenvalue weighted by atomic mass is 10.0. The van der Waals surface area contributed by atoms with E-state index in [0.717, 1.165) is 36.2 Å². The van der Waals surface area contributed by atoms with Crippen LogP contribution in [0.25, 0.3) is 22.3 Å². The third kappa shape index (κ3) is 5.26. The number of hydrogen-bond donors (Lipinski definition) is 2. The summed E-state index contributed by atoms with van der Waals surface area (Å²) in [6.45, 7) is 2.28. The van der Waals surface area contributed by atoms with Crippen LogP contribution in [0, 0.1) is 12.8 Å². The Labute approximate surface area is 219 Å². The lowest BCUT2D eigenvalue weighted by molar-refractivity contribution is -0.137. The van der Waals surface area contributed by atoms with Crippen LogP contribution in [-0.2, 0) is 11.0 Å². The van der Waals surface area contributed by atoms with Crippen molar-refractivity contribution in [3.8, 4) is 17.0 Å². The number of H-pyrrole nitrogens is 1. The van der Waals surface area contributed by atoms with Crippen molar-refractivity contribution in [2.45, 2.75) is 51.3 Å². The molecular weight excluding hydrogens is 525 g/mol. The summed E-state index contributed by atoms with van der Waals surface area (Å²) in [6.07, 6.45) is -1.51. The van der Waals surface area contributed by atoms with Crippen molar-refractivity contribution in [1.29, 1.82) is 0 Å². The number of nitrogens with zero attached hydrogens (tertiary/aromatic N) is 3. The Morgan fingerprint density at radius 2 is 1.97 bits per heavy atom. The number of nitrogens with one attached hydrogen (secondary N) is 2. The number of fused-ring (bicyclic) bond motifs is 1. The number of carbonyl (C=O) groups is 2. The van der Waals surface area contributed by atoms with Crippen molar-refractivity contribution in [2.24, 2.45) is 5.92 Å². The molecule has 2 amide bonds. The molecule has 1 aliphatic carbocycles. The van der Waals surface area contributed by atoms with Crippen LogP contribution in [-0.4, -0.2) is 63.3 Å². The molecule has 1 saturated carbocycles. The highest BCUT2D eigenvalue weighted by Gasteiger charge is 2.50. The molecule has 13 heteroatoms. The number of rotatable bonds is 7. The van der Waals surface area contributed by atoms with Gasteiger partial charge in [0.05, 0.1) is 29.8 Å². The smallest absolute Gasteiger partial charge is 0.416 e.